The van der Waals surface area contributed by atoms with Crippen LogP contribution in [0.4, 0.5) is 0 Å². The van der Waals surface area contributed by atoms with Crippen LogP contribution in [0.3, 0.4) is 0 Å². The number of esters is 1. The van der Waals surface area contributed by atoms with E-state index in [1.807, 2.05) is 20.8 Å². The van der Waals surface area contributed by atoms with Crippen molar-refractivity contribution in [2.75, 3.05) is 13.7 Å². The van der Waals surface area contributed by atoms with Gasteiger partial charge in [0.25, 0.3) is 5.91 Å². The van der Waals surface area contributed by atoms with Crippen molar-refractivity contribution < 1.29 is 23.8 Å². The number of carbonyl (C=O) groups excluding carboxylic acids is 2. The molecule has 1 amide bonds. The van der Waals surface area contributed by atoms with Gasteiger partial charge in [-0.05, 0) is 51.5 Å². The minimum atomic E-state index is -0.877. The smallest absolute Gasteiger partial charge is 0.331 e. The van der Waals surface area contributed by atoms with Crippen LogP contribution in [-0.4, -0.2) is 37.7 Å². The van der Waals surface area contributed by atoms with Crippen molar-refractivity contribution in [3.05, 3.63) is 28.8 Å². The van der Waals surface area contributed by atoms with Crippen molar-refractivity contribution in [3.8, 4) is 11.5 Å². The number of methoxy groups -OCH3 is 1. The number of nitrogens with one attached hydrogen (secondary N) is 1. The Balaban J connectivity index is 2.80. The number of benzene rings is 1. The highest BCUT2D eigenvalue weighted by Gasteiger charge is 2.17. The number of amides is 1. The van der Waals surface area contributed by atoms with E-state index < -0.39 is 12.1 Å². The van der Waals surface area contributed by atoms with Crippen molar-refractivity contribution in [2.24, 2.45) is 0 Å². The molecule has 0 unspecified atom stereocenters. The van der Waals surface area contributed by atoms with E-state index in [4.69, 9.17) is 25.8 Å². The van der Waals surface area contributed by atoms with E-state index in [-0.39, 0.29) is 11.9 Å². The summed E-state index contributed by atoms with van der Waals surface area (Å²) < 4.78 is 15.7. The summed E-state index contributed by atoms with van der Waals surface area (Å²) in [6, 6.07) is 3.32. The van der Waals surface area contributed by atoms with Crippen molar-refractivity contribution in [1.82, 2.24) is 5.32 Å². The summed E-state index contributed by atoms with van der Waals surface area (Å²) in [6.07, 6.45) is 1.88. The Bertz CT molecular complexity index is 643. The number of hydrogen-bond donors (Lipinski definition) is 1. The second kappa shape index (κ2) is 9.93. The highest BCUT2D eigenvalue weighted by Crippen LogP contribution is 2.36. The van der Waals surface area contributed by atoms with Crippen LogP contribution in [-0.2, 0) is 14.3 Å². The molecule has 1 atom stereocenters. The molecule has 1 aromatic rings. The molecule has 0 aliphatic rings. The zero-order chi connectivity index (χ0) is 19.0. The molecule has 1 rings (SSSR count). The fraction of sp³-hybridized carbons (Fsp3) is 0.444. The number of rotatable bonds is 8. The van der Waals surface area contributed by atoms with Crippen LogP contribution in [0.15, 0.2) is 18.2 Å². The molecule has 0 radical (unpaired) electrons. The molecule has 6 nitrogen and oxygen atoms in total. The first-order valence-electron chi connectivity index (χ1n) is 7.97. The summed E-state index contributed by atoms with van der Waals surface area (Å²) in [5.74, 6) is -0.0587. The van der Waals surface area contributed by atoms with E-state index in [9.17, 15) is 9.59 Å². The van der Waals surface area contributed by atoms with Crippen LogP contribution in [0.25, 0.3) is 6.08 Å². The number of halogens is 1. The Hall–Kier alpha value is -2.21. The first-order valence-corrected chi connectivity index (χ1v) is 8.35. The maximum Gasteiger partial charge on any atom is 0.331 e. The molecule has 0 aliphatic carbocycles. The molecule has 7 heteroatoms. The van der Waals surface area contributed by atoms with E-state index in [0.717, 1.165) is 0 Å². The van der Waals surface area contributed by atoms with Crippen LogP contribution in [0, 0.1) is 0 Å². The second-order valence-corrected chi connectivity index (χ2v) is 5.95. The fourth-order valence-electron chi connectivity index (χ4n) is 1.98. The molecule has 0 aromatic heterocycles. The Morgan fingerprint density at radius 1 is 1.28 bits per heavy atom. The second-order valence-electron chi connectivity index (χ2n) is 5.54. The number of hydrogen-bond acceptors (Lipinski definition) is 5. The maximum absolute atomic E-state index is 11.9. The molecule has 0 bridgehead atoms. The lowest BCUT2D eigenvalue weighted by atomic mass is 10.2. The number of carbonyl (C=O) groups is 2. The van der Waals surface area contributed by atoms with Crippen LogP contribution in [0.1, 0.15) is 33.3 Å². The van der Waals surface area contributed by atoms with Gasteiger partial charge in [-0.25, -0.2) is 4.79 Å². The maximum atomic E-state index is 11.9. The number of ether oxygens (including phenoxy) is 3. The van der Waals surface area contributed by atoms with Gasteiger partial charge in [-0.15, -0.1) is 0 Å². The van der Waals surface area contributed by atoms with Crippen LogP contribution < -0.4 is 14.8 Å². The Morgan fingerprint density at radius 3 is 2.52 bits per heavy atom. The quantitative estimate of drug-likeness (QED) is 0.562. The third-order valence-corrected chi connectivity index (χ3v) is 3.32. The summed E-state index contributed by atoms with van der Waals surface area (Å²) >= 11 is 6.15. The first kappa shape index (κ1) is 20.8. The summed E-state index contributed by atoms with van der Waals surface area (Å²) in [7, 11) is 1.50. The van der Waals surface area contributed by atoms with Gasteiger partial charge in [0.2, 0.25) is 0 Å². The fourth-order valence-corrected chi connectivity index (χ4v) is 2.27. The van der Waals surface area contributed by atoms with Gasteiger partial charge in [-0.1, -0.05) is 11.6 Å². The van der Waals surface area contributed by atoms with E-state index >= 15 is 0 Å². The molecule has 138 valence electrons. The Labute approximate surface area is 153 Å². The predicted molar refractivity (Wildman–Crippen MR) is 97.0 cm³/mol. The largest absolute Gasteiger partial charge is 0.491 e. The molecule has 25 heavy (non-hydrogen) atoms. The van der Waals surface area contributed by atoms with E-state index in [1.54, 1.807) is 12.1 Å². The molecule has 0 aliphatic heterocycles. The van der Waals surface area contributed by atoms with E-state index in [2.05, 4.69) is 5.32 Å². The Morgan fingerprint density at radius 2 is 1.96 bits per heavy atom. The molecule has 1 aromatic carbocycles. The van der Waals surface area contributed by atoms with Gasteiger partial charge in [0.15, 0.2) is 17.6 Å². The minimum Gasteiger partial charge on any atom is -0.491 e. The zero-order valence-corrected chi connectivity index (χ0v) is 15.8. The molecular formula is C18H24ClNO5. The lowest BCUT2D eigenvalue weighted by Crippen LogP contribution is -2.39. The Kier molecular flexibility index (Phi) is 8.28. The third kappa shape index (κ3) is 6.66. The minimum absolute atomic E-state index is 0.0254. The summed E-state index contributed by atoms with van der Waals surface area (Å²) in [6.45, 7) is 7.47. The SMILES string of the molecule is CCOc1cc(/C=C/C(=O)O[C@@H](C)C(=O)NC(C)C)cc(Cl)c1OC. The molecule has 0 fully saturated rings. The van der Waals surface area contributed by atoms with Crippen molar-refractivity contribution in [1.29, 1.82) is 0 Å². The van der Waals surface area contributed by atoms with Gasteiger partial charge in [0.05, 0.1) is 18.7 Å². The van der Waals surface area contributed by atoms with Crippen molar-refractivity contribution in [3.63, 3.8) is 0 Å². The van der Waals surface area contributed by atoms with Crippen molar-refractivity contribution in [2.45, 2.75) is 39.8 Å². The standard InChI is InChI=1S/C18H24ClNO5/c1-6-24-15-10-13(9-14(19)17(15)23-5)7-8-16(21)25-12(4)18(22)20-11(2)3/h7-12H,6H2,1-5H3,(H,20,22)/b8-7+/t12-/m0/s1. The van der Waals surface area contributed by atoms with E-state index in [1.165, 1.54) is 26.2 Å². The van der Waals surface area contributed by atoms with Gasteiger partial charge in [-0.3, -0.25) is 4.79 Å². The highest BCUT2D eigenvalue weighted by atomic mass is 35.5. The van der Waals surface area contributed by atoms with Gasteiger partial charge in [-0.2, -0.15) is 0 Å². The summed E-state index contributed by atoms with van der Waals surface area (Å²) in [5.41, 5.74) is 0.644. The predicted octanol–water partition coefficient (Wildman–Crippen LogP) is 3.22. The molecule has 0 saturated heterocycles. The molecule has 0 spiro atoms. The molecular weight excluding hydrogens is 346 g/mol. The molecule has 1 N–H and O–H groups in total. The van der Waals surface area contributed by atoms with Gasteiger partial charge in [0, 0.05) is 12.1 Å². The summed E-state index contributed by atoms with van der Waals surface area (Å²) in [5, 5.41) is 3.04. The van der Waals surface area contributed by atoms with Gasteiger partial charge in [0.1, 0.15) is 0 Å². The van der Waals surface area contributed by atoms with Crippen LogP contribution in [0.5, 0.6) is 11.5 Å². The average Bonchev–Trinajstić information content (AvgIpc) is 2.52. The highest BCUT2D eigenvalue weighted by molar-refractivity contribution is 6.32. The first-order chi connectivity index (χ1) is 11.8. The van der Waals surface area contributed by atoms with Crippen molar-refractivity contribution >= 4 is 29.6 Å². The topological polar surface area (TPSA) is 73.9 Å². The van der Waals surface area contributed by atoms with Gasteiger partial charge >= 0.3 is 5.97 Å². The molecule has 0 saturated carbocycles. The average molecular weight is 370 g/mol. The van der Waals surface area contributed by atoms with E-state index in [0.29, 0.717) is 28.7 Å². The lowest BCUT2D eigenvalue weighted by molar-refractivity contribution is -0.150. The molecule has 0 heterocycles. The van der Waals surface area contributed by atoms with Crippen LogP contribution in [0.2, 0.25) is 5.02 Å². The normalized spacial score (nSPS) is 12.1. The third-order valence-electron chi connectivity index (χ3n) is 3.04. The zero-order valence-electron chi connectivity index (χ0n) is 15.1. The summed E-state index contributed by atoms with van der Waals surface area (Å²) in [4.78, 5) is 23.6. The monoisotopic (exact) mass is 369 g/mol. The van der Waals surface area contributed by atoms with Gasteiger partial charge < -0.3 is 19.5 Å². The van der Waals surface area contributed by atoms with Crippen LogP contribution >= 0.6 is 11.6 Å². The lowest BCUT2D eigenvalue weighted by Gasteiger charge is -2.14.